The maximum atomic E-state index is 12.5. The Kier molecular flexibility index (Phi) is 5.98. The predicted octanol–water partition coefficient (Wildman–Crippen LogP) is 3.54. The fraction of sp³-hybridized carbons (Fsp3) is 0.300. The van der Waals surface area contributed by atoms with E-state index >= 15 is 0 Å². The first-order valence-electron chi connectivity index (χ1n) is 8.90. The van der Waals surface area contributed by atoms with E-state index in [9.17, 15) is 4.79 Å². The van der Waals surface area contributed by atoms with Gasteiger partial charge in [0.15, 0.2) is 0 Å². The molecular formula is C20H23ClN4O2. The maximum absolute atomic E-state index is 12.5. The molecule has 1 aliphatic rings. The minimum atomic E-state index is -0.0190. The highest BCUT2D eigenvalue weighted by Crippen LogP contribution is 2.26. The van der Waals surface area contributed by atoms with Crippen molar-refractivity contribution in [2.45, 2.75) is 25.3 Å². The first kappa shape index (κ1) is 19.2. The molecule has 1 amide bonds. The van der Waals surface area contributed by atoms with E-state index in [1.165, 1.54) is 0 Å². The summed E-state index contributed by atoms with van der Waals surface area (Å²) in [6, 6.07) is 15.8. The fourth-order valence-electron chi connectivity index (χ4n) is 3.43. The number of nitrogens with one attached hydrogen (secondary N) is 2. The number of aromatic nitrogens is 2. The van der Waals surface area contributed by atoms with E-state index in [4.69, 9.17) is 4.74 Å². The van der Waals surface area contributed by atoms with Crippen molar-refractivity contribution < 1.29 is 9.53 Å². The van der Waals surface area contributed by atoms with Crippen LogP contribution in [0.1, 0.15) is 19.3 Å². The zero-order valence-corrected chi connectivity index (χ0v) is 16.0. The lowest BCUT2D eigenvalue weighted by Crippen LogP contribution is -2.28. The van der Waals surface area contributed by atoms with E-state index in [0.29, 0.717) is 12.4 Å². The maximum Gasteiger partial charge on any atom is 0.228 e. The smallest absolute Gasteiger partial charge is 0.228 e. The number of anilines is 1. The molecule has 0 saturated carbocycles. The monoisotopic (exact) mass is 386 g/mol. The van der Waals surface area contributed by atoms with Crippen molar-refractivity contribution in [3.63, 3.8) is 0 Å². The number of fused-ring (bicyclic) bond motifs is 1. The molecule has 2 aromatic carbocycles. The molecule has 3 aromatic rings. The van der Waals surface area contributed by atoms with Crippen LogP contribution in [-0.4, -0.2) is 35.2 Å². The normalized spacial score (nSPS) is 16.1. The SMILES string of the molecule is COc1ccc(-n2c(NC(=O)CC3CCCN3)nc3ccccc32)cc1.Cl. The lowest BCUT2D eigenvalue weighted by Gasteiger charge is -2.13. The number of amides is 1. The molecule has 1 saturated heterocycles. The third-order valence-electron chi connectivity index (χ3n) is 4.74. The van der Waals surface area contributed by atoms with Gasteiger partial charge in [-0.05, 0) is 55.8 Å². The van der Waals surface area contributed by atoms with Gasteiger partial charge < -0.3 is 10.1 Å². The molecule has 0 spiro atoms. The third kappa shape index (κ3) is 4.07. The van der Waals surface area contributed by atoms with Gasteiger partial charge in [-0.3, -0.25) is 14.7 Å². The van der Waals surface area contributed by atoms with Crippen molar-refractivity contribution in [3.05, 3.63) is 48.5 Å². The van der Waals surface area contributed by atoms with Gasteiger partial charge in [-0.2, -0.15) is 0 Å². The number of methoxy groups -OCH3 is 1. The van der Waals surface area contributed by atoms with Crippen molar-refractivity contribution in [2.24, 2.45) is 0 Å². The molecule has 0 radical (unpaired) electrons. The van der Waals surface area contributed by atoms with Crippen molar-refractivity contribution in [1.29, 1.82) is 0 Å². The second-order valence-corrected chi connectivity index (χ2v) is 6.50. The number of carbonyl (C=O) groups is 1. The van der Waals surface area contributed by atoms with Crippen LogP contribution >= 0.6 is 12.4 Å². The Morgan fingerprint density at radius 3 is 2.74 bits per heavy atom. The minimum absolute atomic E-state index is 0. The molecule has 142 valence electrons. The first-order chi connectivity index (χ1) is 12.7. The molecule has 1 unspecified atom stereocenters. The van der Waals surface area contributed by atoms with Crippen LogP contribution < -0.4 is 15.4 Å². The zero-order valence-electron chi connectivity index (χ0n) is 15.1. The fourth-order valence-corrected chi connectivity index (χ4v) is 3.43. The van der Waals surface area contributed by atoms with E-state index in [0.717, 1.165) is 41.9 Å². The molecule has 2 N–H and O–H groups in total. The van der Waals surface area contributed by atoms with Crippen molar-refractivity contribution in [1.82, 2.24) is 14.9 Å². The Hall–Kier alpha value is -2.57. The predicted molar refractivity (Wildman–Crippen MR) is 109 cm³/mol. The quantitative estimate of drug-likeness (QED) is 0.703. The standard InChI is InChI=1S/C20H22N4O2.ClH/c1-26-16-10-8-15(9-11-16)24-18-7-3-2-6-17(18)22-20(24)23-19(25)13-14-5-4-12-21-14;/h2-3,6-11,14,21H,4-5,12-13H2,1H3,(H,22,23,25);1H. The second kappa shape index (κ2) is 8.41. The summed E-state index contributed by atoms with van der Waals surface area (Å²) >= 11 is 0. The number of carbonyl (C=O) groups excluding carboxylic acids is 1. The summed E-state index contributed by atoms with van der Waals surface area (Å²) in [5.74, 6) is 1.31. The van der Waals surface area contributed by atoms with Crippen LogP contribution in [0.25, 0.3) is 16.7 Å². The summed E-state index contributed by atoms with van der Waals surface area (Å²) in [5, 5.41) is 6.35. The van der Waals surface area contributed by atoms with E-state index < -0.39 is 0 Å². The van der Waals surface area contributed by atoms with Gasteiger partial charge in [0.05, 0.1) is 18.1 Å². The average Bonchev–Trinajstić information content (AvgIpc) is 3.29. The van der Waals surface area contributed by atoms with Crippen LogP contribution in [-0.2, 0) is 4.79 Å². The van der Waals surface area contributed by atoms with Crippen molar-refractivity contribution in [3.8, 4) is 11.4 Å². The zero-order chi connectivity index (χ0) is 17.9. The molecule has 0 aliphatic carbocycles. The van der Waals surface area contributed by atoms with E-state index in [-0.39, 0.29) is 24.4 Å². The minimum Gasteiger partial charge on any atom is -0.497 e. The summed E-state index contributed by atoms with van der Waals surface area (Å²) in [4.78, 5) is 17.1. The molecule has 2 heterocycles. The number of hydrogen-bond donors (Lipinski definition) is 2. The number of rotatable bonds is 5. The van der Waals surface area contributed by atoms with Crippen LogP contribution in [0, 0.1) is 0 Å². The largest absolute Gasteiger partial charge is 0.497 e. The Balaban J connectivity index is 0.00000210. The lowest BCUT2D eigenvalue weighted by atomic mass is 10.1. The van der Waals surface area contributed by atoms with Crippen LogP contribution in [0.15, 0.2) is 48.5 Å². The number of nitrogens with zero attached hydrogens (tertiary/aromatic N) is 2. The molecular weight excluding hydrogens is 364 g/mol. The number of para-hydroxylation sites is 2. The summed E-state index contributed by atoms with van der Waals surface area (Å²) in [6.07, 6.45) is 2.64. The van der Waals surface area contributed by atoms with Gasteiger partial charge in [0.1, 0.15) is 5.75 Å². The number of imidazole rings is 1. The van der Waals surface area contributed by atoms with Gasteiger partial charge in [-0.25, -0.2) is 4.98 Å². The van der Waals surface area contributed by atoms with Crippen LogP contribution in [0.3, 0.4) is 0 Å². The van der Waals surface area contributed by atoms with Gasteiger partial charge in [-0.15, -0.1) is 12.4 Å². The molecule has 0 bridgehead atoms. The number of hydrogen-bond acceptors (Lipinski definition) is 4. The number of benzene rings is 2. The second-order valence-electron chi connectivity index (χ2n) is 6.50. The number of ether oxygens (including phenoxy) is 1. The molecule has 4 rings (SSSR count). The van der Waals surface area contributed by atoms with Gasteiger partial charge >= 0.3 is 0 Å². The van der Waals surface area contributed by atoms with Gasteiger partial charge in [0.25, 0.3) is 0 Å². The Bertz CT molecular complexity index is 917. The average molecular weight is 387 g/mol. The molecule has 7 heteroatoms. The first-order valence-corrected chi connectivity index (χ1v) is 8.90. The molecule has 1 aliphatic heterocycles. The van der Waals surface area contributed by atoms with Gasteiger partial charge in [-0.1, -0.05) is 12.1 Å². The van der Waals surface area contributed by atoms with Crippen LogP contribution in [0.4, 0.5) is 5.95 Å². The molecule has 1 atom stereocenters. The van der Waals surface area contributed by atoms with Crippen molar-refractivity contribution in [2.75, 3.05) is 19.0 Å². The topological polar surface area (TPSA) is 68.2 Å². The summed E-state index contributed by atoms with van der Waals surface area (Å²) in [7, 11) is 1.64. The van der Waals surface area contributed by atoms with Gasteiger partial charge in [0.2, 0.25) is 11.9 Å². The molecule has 6 nitrogen and oxygen atoms in total. The van der Waals surface area contributed by atoms with Crippen LogP contribution in [0.2, 0.25) is 0 Å². The highest BCUT2D eigenvalue weighted by atomic mass is 35.5. The van der Waals surface area contributed by atoms with E-state index in [1.807, 2.05) is 53.1 Å². The molecule has 1 aromatic heterocycles. The van der Waals surface area contributed by atoms with Crippen molar-refractivity contribution >= 4 is 35.3 Å². The Labute approximate surface area is 164 Å². The Morgan fingerprint density at radius 1 is 1.26 bits per heavy atom. The number of halogens is 1. The highest BCUT2D eigenvalue weighted by molar-refractivity contribution is 5.92. The summed E-state index contributed by atoms with van der Waals surface area (Å²) in [5.41, 5.74) is 2.72. The third-order valence-corrected chi connectivity index (χ3v) is 4.74. The van der Waals surface area contributed by atoms with E-state index in [2.05, 4.69) is 15.6 Å². The molecule has 1 fully saturated rings. The molecule has 27 heavy (non-hydrogen) atoms. The van der Waals surface area contributed by atoms with Gasteiger partial charge in [0, 0.05) is 18.2 Å². The lowest BCUT2D eigenvalue weighted by molar-refractivity contribution is -0.116. The van der Waals surface area contributed by atoms with Crippen LogP contribution in [0.5, 0.6) is 5.75 Å². The summed E-state index contributed by atoms with van der Waals surface area (Å²) in [6.45, 7) is 0.988. The summed E-state index contributed by atoms with van der Waals surface area (Å²) < 4.78 is 7.21. The Morgan fingerprint density at radius 2 is 2.04 bits per heavy atom. The highest BCUT2D eigenvalue weighted by Gasteiger charge is 2.20. The van der Waals surface area contributed by atoms with E-state index in [1.54, 1.807) is 7.11 Å².